The lowest BCUT2D eigenvalue weighted by Gasteiger charge is -2.20. The standard InChI is InChI=1S/C25H30N4OS/c1-18-12-14-22(15-13-18)29-23(16-26-24(30)20-9-4-3-5-10-20)27-28-25(29)31-17-21-11-7-6-8-19(21)2/h6-8,11-15,20H,3-5,9-10,16-17H2,1-2H3,(H,26,30). The van der Waals surface area contributed by atoms with Gasteiger partial charge in [-0.05, 0) is 49.9 Å². The molecular formula is C25H30N4OS. The van der Waals surface area contributed by atoms with E-state index in [2.05, 4.69) is 82.5 Å². The Labute approximate surface area is 188 Å². The van der Waals surface area contributed by atoms with E-state index in [4.69, 9.17) is 0 Å². The van der Waals surface area contributed by atoms with Crippen LogP contribution in [0.15, 0.2) is 53.7 Å². The fourth-order valence-corrected chi connectivity index (χ4v) is 5.10. The summed E-state index contributed by atoms with van der Waals surface area (Å²) < 4.78 is 2.07. The summed E-state index contributed by atoms with van der Waals surface area (Å²) in [4.78, 5) is 12.6. The van der Waals surface area contributed by atoms with Crippen LogP contribution in [0.5, 0.6) is 0 Å². The SMILES string of the molecule is Cc1ccc(-n2c(CNC(=O)C3CCCCC3)nnc2SCc2ccccc2C)cc1. The molecule has 162 valence electrons. The summed E-state index contributed by atoms with van der Waals surface area (Å²) in [6, 6.07) is 16.8. The van der Waals surface area contributed by atoms with E-state index < -0.39 is 0 Å². The third kappa shape index (κ3) is 5.37. The highest BCUT2D eigenvalue weighted by molar-refractivity contribution is 7.98. The molecule has 0 bridgehead atoms. The van der Waals surface area contributed by atoms with Crippen molar-refractivity contribution in [2.24, 2.45) is 5.92 Å². The first kappa shape index (κ1) is 21.6. The number of carbonyl (C=O) groups excluding carboxylic acids is 1. The number of benzene rings is 2. The van der Waals surface area contributed by atoms with Crippen molar-refractivity contribution in [1.29, 1.82) is 0 Å². The van der Waals surface area contributed by atoms with Gasteiger partial charge in [-0.3, -0.25) is 9.36 Å². The highest BCUT2D eigenvalue weighted by Gasteiger charge is 2.22. The number of aromatic nitrogens is 3. The van der Waals surface area contributed by atoms with Crippen molar-refractivity contribution in [3.05, 3.63) is 71.0 Å². The second-order valence-corrected chi connectivity index (χ2v) is 9.28. The Morgan fingerprint density at radius 1 is 1.03 bits per heavy atom. The Bertz CT molecular complexity index is 1020. The molecule has 3 aromatic rings. The van der Waals surface area contributed by atoms with Gasteiger partial charge in [-0.25, -0.2) is 0 Å². The average molecular weight is 435 g/mol. The normalized spacial score (nSPS) is 14.5. The van der Waals surface area contributed by atoms with Crippen molar-refractivity contribution in [3.8, 4) is 5.69 Å². The van der Waals surface area contributed by atoms with Gasteiger partial charge in [0.05, 0.1) is 6.54 Å². The minimum absolute atomic E-state index is 0.138. The smallest absolute Gasteiger partial charge is 0.223 e. The molecule has 0 atom stereocenters. The molecule has 1 aromatic heterocycles. The summed E-state index contributed by atoms with van der Waals surface area (Å²) in [6.45, 7) is 4.60. The number of rotatable bonds is 7. The van der Waals surface area contributed by atoms with Gasteiger partial charge in [0.15, 0.2) is 11.0 Å². The van der Waals surface area contributed by atoms with Crippen LogP contribution in [0.25, 0.3) is 5.69 Å². The van der Waals surface area contributed by atoms with Crippen molar-refractivity contribution in [1.82, 2.24) is 20.1 Å². The van der Waals surface area contributed by atoms with Gasteiger partial charge in [-0.15, -0.1) is 10.2 Å². The Balaban J connectivity index is 1.54. The van der Waals surface area contributed by atoms with Gasteiger partial charge < -0.3 is 5.32 Å². The van der Waals surface area contributed by atoms with Crippen LogP contribution in [-0.4, -0.2) is 20.7 Å². The van der Waals surface area contributed by atoms with Crippen LogP contribution in [0.3, 0.4) is 0 Å². The second kappa shape index (κ2) is 10.1. The van der Waals surface area contributed by atoms with Gasteiger partial charge in [0.2, 0.25) is 5.91 Å². The van der Waals surface area contributed by atoms with Crippen molar-refractivity contribution in [2.45, 2.75) is 63.4 Å². The fourth-order valence-electron chi connectivity index (χ4n) is 4.05. The summed E-state index contributed by atoms with van der Waals surface area (Å²) in [5.41, 5.74) is 4.79. The second-order valence-electron chi connectivity index (χ2n) is 8.34. The topological polar surface area (TPSA) is 59.8 Å². The van der Waals surface area contributed by atoms with Crippen molar-refractivity contribution < 1.29 is 4.79 Å². The van der Waals surface area contributed by atoms with Crippen LogP contribution in [0.1, 0.15) is 54.6 Å². The maximum atomic E-state index is 12.6. The summed E-state index contributed by atoms with van der Waals surface area (Å²) in [5, 5.41) is 12.9. The number of hydrogen-bond donors (Lipinski definition) is 1. The Hall–Kier alpha value is -2.60. The van der Waals surface area contributed by atoms with E-state index in [1.54, 1.807) is 11.8 Å². The van der Waals surface area contributed by atoms with Gasteiger partial charge in [0, 0.05) is 17.4 Å². The van der Waals surface area contributed by atoms with E-state index in [0.717, 1.165) is 48.1 Å². The van der Waals surface area contributed by atoms with E-state index in [-0.39, 0.29) is 11.8 Å². The summed E-state index contributed by atoms with van der Waals surface area (Å²) in [5.74, 6) is 1.87. The number of nitrogens with one attached hydrogen (secondary N) is 1. The lowest BCUT2D eigenvalue weighted by atomic mass is 9.89. The number of hydrogen-bond acceptors (Lipinski definition) is 4. The molecule has 31 heavy (non-hydrogen) atoms. The Kier molecular flexibility index (Phi) is 7.07. The number of amides is 1. The van der Waals surface area contributed by atoms with Crippen LogP contribution >= 0.6 is 11.8 Å². The van der Waals surface area contributed by atoms with Crippen LogP contribution in [0, 0.1) is 19.8 Å². The zero-order chi connectivity index (χ0) is 21.6. The summed E-state index contributed by atoms with van der Waals surface area (Å²) >= 11 is 1.67. The van der Waals surface area contributed by atoms with Crippen LogP contribution in [-0.2, 0) is 17.1 Å². The lowest BCUT2D eigenvalue weighted by Crippen LogP contribution is -2.32. The quantitative estimate of drug-likeness (QED) is 0.508. The van der Waals surface area contributed by atoms with E-state index in [9.17, 15) is 4.79 Å². The predicted octanol–water partition coefficient (Wildman–Crippen LogP) is 5.37. The molecule has 1 aliphatic rings. The first-order chi connectivity index (χ1) is 15.1. The van der Waals surface area contributed by atoms with Crippen LogP contribution < -0.4 is 5.32 Å². The minimum atomic E-state index is 0.138. The summed E-state index contributed by atoms with van der Waals surface area (Å²) in [7, 11) is 0. The first-order valence-electron chi connectivity index (χ1n) is 11.1. The molecule has 6 heteroatoms. The zero-order valence-corrected chi connectivity index (χ0v) is 19.1. The summed E-state index contributed by atoms with van der Waals surface area (Å²) in [6.07, 6.45) is 5.53. The average Bonchev–Trinajstić information content (AvgIpc) is 3.21. The molecule has 1 amide bonds. The highest BCUT2D eigenvalue weighted by atomic mass is 32.2. The number of thioether (sulfide) groups is 1. The fraction of sp³-hybridized carbons (Fsp3) is 0.400. The molecule has 0 unspecified atom stereocenters. The molecule has 1 heterocycles. The lowest BCUT2D eigenvalue weighted by molar-refractivity contribution is -0.126. The Morgan fingerprint density at radius 2 is 1.77 bits per heavy atom. The maximum absolute atomic E-state index is 12.6. The van der Waals surface area contributed by atoms with Crippen molar-refractivity contribution in [2.75, 3.05) is 0 Å². The first-order valence-corrected chi connectivity index (χ1v) is 12.1. The van der Waals surface area contributed by atoms with Crippen LogP contribution in [0.2, 0.25) is 0 Å². The largest absolute Gasteiger partial charge is 0.349 e. The number of nitrogens with zero attached hydrogens (tertiary/aromatic N) is 3. The van der Waals surface area contributed by atoms with Crippen LogP contribution in [0.4, 0.5) is 0 Å². The molecule has 1 saturated carbocycles. The van der Waals surface area contributed by atoms with Gasteiger partial charge in [-0.1, -0.05) is 73.0 Å². The molecule has 0 spiro atoms. The molecule has 1 fully saturated rings. The van der Waals surface area contributed by atoms with E-state index >= 15 is 0 Å². The molecule has 0 radical (unpaired) electrons. The molecule has 5 nitrogen and oxygen atoms in total. The maximum Gasteiger partial charge on any atom is 0.223 e. The minimum Gasteiger partial charge on any atom is -0.349 e. The highest BCUT2D eigenvalue weighted by Crippen LogP contribution is 2.27. The van der Waals surface area contributed by atoms with Crippen molar-refractivity contribution in [3.63, 3.8) is 0 Å². The number of carbonyl (C=O) groups is 1. The van der Waals surface area contributed by atoms with Crippen molar-refractivity contribution >= 4 is 17.7 Å². The van der Waals surface area contributed by atoms with Gasteiger partial charge in [-0.2, -0.15) is 0 Å². The van der Waals surface area contributed by atoms with Gasteiger partial charge >= 0.3 is 0 Å². The third-order valence-corrected chi connectivity index (χ3v) is 6.99. The van der Waals surface area contributed by atoms with E-state index in [0.29, 0.717) is 6.54 Å². The van der Waals surface area contributed by atoms with Gasteiger partial charge in [0.1, 0.15) is 0 Å². The van der Waals surface area contributed by atoms with Gasteiger partial charge in [0.25, 0.3) is 0 Å². The van der Waals surface area contributed by atoms with E-state index in [1.807, 2.05) is 0 Å². The van der Waals surface area contributed by atoms with E-state index in [1.165, 1.54) is 23.1 Å². The molecular weight excluding hydrogens is 404 g/mol. The molecule has 2 aromatic carbocycles. The molecule has 1 N–H and O–H groups in total. The molecule has 0 aliphatic heterocycles. The third-order valence-electron chi connectivity index (χ3n) is 6.01. The zero-order valence-electron chi connectivity index (χ0n) is 18.3. The molecule has 0 saturated heterocycles. The molecule has 1 aliphatic carbocycles. The monoisotopic (exact) mass is 434 g/mol. The Morgan fingerprint density at radius 3 is 2.52 bits per heavy atom. The number of aryl methyl sites for hydroxylation is 2. The predicted molar refractivity (Wildman–Crippen MR) is 125 cm³/mol. The molecule has 4 rings (SSSR count).